The van der Waals surface area contributed by atoms with E-state index in [1.165, 1.54) is 6.92 Å². The number of ketones is 1. The van der Waals surface area contributed by atoms with Crippen LogP contribution in [0, 0.1) is 0 Å². The van der Waals surface area contributed by atoms with Crippen molar-refractivity contribution in [1.29, 1.82) is 0 Å². The lowest BCUT2D eigenvalue weighted by Gasteiger charge is -2.24. The molecule has 1 N–H and O–H groups in total. The van der Waals surface area contributed by atoms with E-state index < -0.39 is 0 Å². The Kier molecular flexibility index (Phi) is 4.20. The van der Waals surface area contributed by atoms with E-state index in [1.807, 2.05) is 4.90 Å². The highest BCUT2D eigenvalue weighted by Crippen LogP contribution is 2.21. The average molecular weight is 260 g/mol. The Hall–Kier alpha value is -1.84. The zero-order valence-electron chi connectivity index (χ0n) is 11.5. The second-order valence-electron chi connectivity index (χ2n) is 4.96. The fourth-order valence-electron chi connectivity index (χ4n) is 2.54. The summed E-state index contributed by atoms with van der Waals surface area (Å²) in [5.41, 5.74) is 1.30. The van der Waals surface area contributed by atoms with Crippen molar-refractivity contribution in [1.82, 2.24) is 4.90 Å². The predicted octanol–water partition coefficient (Wildman–Crippen LogP) is 3.30. The number of hydrogen-bond donors (Lipinski definition) is 1. The molecule has 1 aromatic rings. The van der Waals surface area contributed by atoms with Gasteiger partial charge in [0.25, 0.3) is 0 Å². The van der Waals surface area contributed by atoms with Gasteiger partial charge in [-0.1, -0.05) is 19.1 Å². The third kappa shape index (κ3) is 3.13. The van der Waals surface area contributed by atoms with E-state index in [0.29, 0.717) is 17.3 Å². The van der Waals surface area contributed by atoms with Gasteiger partial charge >= 0.3 is 6.03 Å². The number of carbonyl (C=O) groups is 2. The molecule has 19 heavy (non-hydrogen) atoms. The summed E-state index contributed by atoms with van der Waals surface area (Å²) in [4.78, 5) is 25.4. The maximum Gasteiger partial charge on any atom is 0.322 e. The summed E-state index contributed by atoms with van der Waals surface area (Å²) in [5.74, 6) is 0.00343. The zero-order valence-corrected chi connectivity index (χ0v) is 11.5. The van der Waals surface area contributed by atoms with Gasteiger partial charge in [-0.15, -0.1) is 0 Å². The van der Waals surface area contributed by atoms with Crippen molar-refractivity contribution in [3.8, 4) is 0 Å². The first kappa shape index (κ1) is 13.6. The minimum atomic E-state index is -0.0648. The summed E-state index contributed by atoms with van der Waals surface area (Å²) in [7, 11) is 0. The summed E-state index contributed by atoms with van der Waals surface area (Å²) < 4.78 is 0. The van der Waals surface area contributed by atoms with Crippen LogP contribution in [0.15, 0.2) is 24.3 Å². The number of amides is 2. The summed E-state index contributed by atoms with van der Waals surface area (Å²) in [6.07, 6.45) is 3.14. The van der Waals surface area contributed by atoms with Crippen molar-refractivity contribution in [2.24, 2.45) is 0 Å². The fraction of sp³-hybridized carbons (Fsp3) is 0.467. The Balaban J connectivity index is 2.06. The van der Waals surface area contributed by atoms with Gasteiger partial charge in [0.05, 0.1) is 0 Å². The van der Waals surface area contributed by atoms with Crippen LogP contribution in [-0.4, -0.2) is 29.3 Å². The molecule has 1 aromatic carbocycles. The molecule has 0 aliphatic carbocycles. The summed E-state index contributed by atoms with van der Waals surface area (Å²) in [6.45, 7) is 4.44. The molecule has 2 rings (SSSR count). The molecule has 102 valence electrons. The largest absolute Gasteiger partial charge is 0.322 e. The molecule has 1 fully saturated rings. The highest BCUT2D eigenvalue weighted by atomic mass is 16.2. The van der Waals surface area contributed by atoms with Crippen molar-refractivity contribution in [2.45, 2.75) is 39.2 Å². The number of likely N-dealkylation sites (tertiary alicyclic amines) is 1. The molecule has 0 bridgehead atoms. The van der Waals surface area contributed by atoms with Crippen molar-refractivity contribution < 1.29 is 9.59 Å². The molecule has 2 amide bonds. The molecule has 1 heterocycles. The quantitative estimate of drug-likeness (QED) is 0.848. The van der Waals surface area contributed by atoms with Crippen molar-refractivity contribution in [3.63, 3.8) is 0 Å². The van der Waals surface area contributed by atoms with Crippen LogP contribution in [0.5, 0.6) is 0 Å². The number of carbonyl (C=O) groups excluding carboxylic acids is 2. The fourth-order valence-corrected chi connectivity index (χ4v) is 2.54. The van der Waals surface area contributed by atoms with Crippen LogP contribution in [0.25, 0.3) is 0 Å². The number of nitrogens with zero attached hydrogens (tertiary/aromatic N) is 1. The maximum absolute atomic E-state index is 12.2. The second-order valence-corrected chi connectivity index (χ2v) is 4.96. The van der Waals surface area contributed by atoms with Crippen LogP contribution in [-0.2, 0) is 0 Å². The number of anilines is 1. The van der Waals surface area contributed by atoms with Gasteiger partial charge in [-0.3, -0.25) is 4.79 Å². The molecule has 1 saturated heterocycles. The first-order valence-corrected chi connectivity index (χ1v) is 6.80. The molecule has 0 aromatic heterocycles. The first-order chi connectivity index (χ1) is 9.11. The number of urea groups is 1. The number of Topliss-reactive ketones (excluding diaryl/α,β-unsaturated/α-hetero) is 1. The standard InChI is InChI=1S/C15H20N2O2/c1-3-14-8-5-9-17(14)15(19)16-13-7-4-6-12(10-13)11(2)18/h4,6-7,10,14H,3,5,8-9H2,1-2H3,(H,16,19). The summed E-state index contributed by atoms with van der Waals surface area (Å²) in [5, 5.41) is 2.88. The first-order valence-electron chi connectivity index (χ1n) is 6.80. The molecule has 1 unspecified atom stereocenters. The van der Waals surface area contributed by atoms with E-state index in [-0.39, 0.29) is 11.8 Å². The van der Waals surface area contributed by atoms with Crippen molar-refractivity contribution in [3.05, 3.63) is 29.8 Å². The van der Waals surface area contributed by atoms with E-state index in [2.05, 4.69) is 12.2 Å². The van der Waals surface area contributed by atoms with E-state index in [0.717, 1.165) is 25.8 Å². The monoisotopic (exact) mass is 260 g/mol. The second kappa shape index (κ2) is 5.87. The number of rotatable bonds is 3. The highest BCUT2D eigenvalue weighted by molar-refractivity contribution is 5.96. The number of benzene rings is 1. The smallest absolute Gasteiger partial charge is 0.322 e. The van der Waals surface area contributed by atoms with Crippen LogP contribution in [0.4, 0.5) is 10.5 Å². The minimum Gasteiger partial charge on any atom is -0.322 e. The summed E-state index contributed by atoms with van der Waals surface area (Å²) in [6, 6.07) is 7.34. The van der Waals surface area contributed by atoms with Gasteiger partial charge < -0.3 is 10.2 Å². The van der Waals surface area contributed by atoms with Crippen molar-refractivity contribution >= 4 is 17.5 Å². The van der Waals surface area contributed by atoms with Gasteiger partial charge in [-0.05, 0) is 38.3 Å². The van der Waals surface area contributed by atoms with Crippen LogP contribution in [0.3, 0.4) is 0 Å². The topological polar surface area (TPSA) is 49.4 Å². The zero-order chi connectivity index (χ0) is 13.8. The molecule has 0 spiro atoms. The predicted molar refractivity (Wildman–Crippen MR) is 75.5 cm³/mol. The Labute approximate surface area is 113 Å². The Morgan fingerprint density at radius 3 is 2.89 bits per heavy atom. The van der Waals surface area contributed by atoms with E-state index in [1.54, 1.807) is 24.3 Å². The van der Waals surface area contributed by atoms with Crippen LogP contribution in [0.2, 0.25) is 0 Å². The molecule has 0 radical (unpaired) electrons. The highest BCUT2D eigenvalue weighted by Gasteiger charge is 2.27. The van der Waals surface area contributed by atoms with Crippen LogP contribution < -0.4 is 5.32 Å². The third-order valence-electron chi connectivity index (χ3n) is 3.63. The van der Waals surface area contributed by atoms with Gasteiger partial charge in [-0.25, -0.2) is 4.79 Å². The molecular weight excluding hydrogens is 240 g/mol. The average Bonchev–Trinajstić information content (AvgIpc) is 2.87. The van der Waals surface area contributed by atoms with Gasteiger partial charge in [-0.2, -0.15) is 0 Å². The lowest BCUT2D eigenvalue weighted by molar-refractivity contribution is 0.101. The van der Waals surface area contributed by atoms with E-state index in [9.17, 15) is 9.59 Å². The number of hydrogen-bond acceptors (Lipinski definition) is 2. The van der Waals surface area contributed by atoms with Crippen molar-refractivity contribution in [2.75, 3.05) is 11.9 Å². The molecule has 1 aliphatic rings. The van der Waals surface area contributed by atoms with Crippen LogP contribution in [0.1, 0.15) is 43.5 Å². The molecule has 4 nitrogen and oxygen atoms in total. The normalized spacial score (nSPS) is 18.4. The Bertz CT molecular complexity index is 485. The van der Waals surface area contributed by atoms with Gasteiger partial charge in [0.2, 0.25) is 0 Å². The Morgan fingerprint density at radius 2 is 2.21 bits per heavy atom. The number of nitrogens with one attached hydrogen (secondary N) is 1. The molecule has 0 saturated carbocycles. The van der Waals surface area contributed by atoms with E-state index >= 15 is 0 Å². The lowest BCUT2D eigenvalue weighted by Crippen LogP contribution is -2.38. The molecular formula is C15H20N2O2. The third-order valence-corrected chi connectivity index (χ3v) is 3.63. The maximum atomic E-state index is 12.2. The van der Waals surface area contributed by atoms with Gasteiger partial charge in [0.15, 0.2) is 5.78 Å². The summed E-state index contributed by atoms with van der Waals surface area (Å²) >= 11 is 0. The van der Waals surface area contributed by atoms with Crippen LogP contribution >= 0.6 is 0 Å². The molecule has 1 aliphatic heterocycles. The van der Waals surface area contributed by atoms with Gasteiger partial charge in [0.1, 0.15) is 0 Å². The lowest BCUT2D eigenvalue weighted by atomic mass is 10.1. The molecule has 1 atom stereocenters. The van der Waals surface area contributed by atoms with E-state index in [4.69, 9.17) is 0 Å². The van der Waals surface area contributed by atoms with Gasteiger partial charge in [0, 0.05) is 23.8 Å². The Morgan fingerprint density at radius 1 is 1.42 bits per heavy atom. The SMILES string of the molecule is CCC1CCCN1C(=O)Nc1cccc(C(C)=O)c1. The minimum absolute atomic E-state index is 0.00343. The molecule has 4 heteroatoms.